The van der Waals surface area contributed by atoms with E-state index < -0.39 is 81.4 Å². The molecule has 3 aromatic heterocycles. The summed E-state index contributed by atoms with van der Waals surface area (Å²) in [6.45, 7) is 47.5. The third-order valence-electron chi connectivity index (χ3n) is 13.6. The van der Waals surface area contributed by atoms with E-state index in [-0.39, 0.29) is 41.8 Å². The lowest BCUT2D eigenvalue weighted by molar-refractivity contribution is -0.130. The number of aryl methyl sites for hydroxylation is 3. The fourth-order valence-corrected chi connectivity index (χ4v) is 39.2. The molecule has 0 aromatic carbocycles. The van der Waals surface area contributed by atoms with E-state index >= 15 is 0 Å². The van der Waals surface area contributed by atoms with Crippen LogP contribution in [0.5, 0.6) is 0 Å². The molecule has 0 radical (unpaired) electrons. The van der Waals surface area contributed by atoms with Gasteiger partial charge in [0, 0.05) is 82.3 Å². The maximum atomic E-state index is 14.8. The van der Waals surface area contributed by atoms with Gasteiger partial charge in [-0.25, -0.2) is 9.78 Å². The van der Waals surface area contributed by atoms with Crippen LogP contribution in [0.2, 0.25) is 110 Å². The summed E-state index contributed by atoms with van der Waals surface area (Å²) in [5, 5.41) is 17.6. The molecule has 2 aliphatic rings. The van der Waals surface area contributed by atoms with E-state index in [0.29, 0.717) is 73.4 Å². The molecule has 8 bridgehead atoms. The zero-order valence-corrected chi connectivity index (χ0v) is 62.0. The highest BCUT2D eigenvalue weighted by atomic mass is 32.3. The van der Waals surface area contributed by atoms with Gasteiger partial charge in [-0.1, -0.05) is 26.5 Å². The van der Waals surface area contributed by atoms with Gasteiger partial charge in [-0.05, 0) is 204 Å². The molecule has 0 spiro atoms. The van der Waals surface area contributed by atoms with Crippen molar-refractivity contribution in [2.24, 2.45) is 0 Å². The first kappa shape index (κ1) is 69.4. The molecule has 5 N–H and O–H groups in total. The Morgan fingerprint density at radius 2 is 1.16 bits per heavy atom. The predicted octanol–water partition coefficient (Wildman–Crippen LogP) is 14.1. The van der Waals surface area contributed by atoms with Crippen LogP contribution in [0, 0.1) is 13.8 Å². The number of carbonyl (C=O) groups is 3. The highest BCUT2D eigenvalue weighted by Crippen LogP contribution is 2.46. The zero-order chi connectivity index (χ0) is 61.9. The van der Waals surface area contributed by atoms with Crippen LogP contribution in [0.4, 0.5) is 0 Å². The number of hydrogen-bond donors (Lipinski definition) is 5. The Morgan fingerprint density at radius 1 is 0.671 bits per heavy atom. The van der Waals surface area contributed by atoms with Crippen molar-refractivity contribution in [2.45, 2.75) is 195 Å². The number of fused-ring (bicyclic) bond motifs is 8. The molecule has 82 heavy (non-hydrogen) atoms. The molecule has 2 aliphatic heterocycles. The van der Waals surface area contributed by atoms with Crippen LogP contribution in [0.3, 0.4) is 0 Å². The molecule has 0 fully saturated rings. The number of H-pyrrole nitrogens is 2. The van der Waals surface area contributed by atoms with E-state index in [2.05, 4.69) is 178 Å². The summed E-state index contributed by atoms with van der Waals surface area (Å²) < 4.78 is 41.6. The summed E-state index contributed by atoms with van der Waals surface area (Å²) in [4.78, 5) is 60.6. The number of nitrogens with zero attached hydrogens (tertiary/aromatic N) is 2. The Bertz CT molecular complexity index is 2970. The van der Waals surface area contributed by atoms with Gasteiger partial charge in [-0.15, -0.1) is 0 Å². The van der Waals surface area contributed by atoms with Gasteiger partial charge in [0.05, 0.1) is 29.1 Å². The molecule has 5 heterocycles. The number of carbonyl (C=O) groups excluding carboxylic acids is 2. The van der Waals surface area contributed by atoms with E-state index in [1.807, 2.05) is 18.2 Å². The topological polar surface area (TPSA) is 208 Å². The van der Waals surface area contributed by atoms with E-state index in [1.54, 1.807) is 6.92 Å². The fraction of sp³-hybridized carbons (Fsp3) is 0.603. The minimum atomic E-state index is -3.22. The average molecular weight is 1270 g/mol. The van der Waals surface area contributed by atoms with E-state index in [9.17, 15) is 19.5 Å². The first-order valence-electron chi connectivity index (χ1n) is 29.2. The predicted molar refractivity (Wildman–Crippen MR) is 359 cm³/mol. The van der Waals surface area contributed by atoms with E-state index in [0.717, 1.165) is 50.0 Å². The number of aromatic nitrogens is 4. The zero-order valence-electron chi connectivity index (χ0n) is 54.2. The number of aliphatic carboxylic acids is 1. The smallest absolute Gasteiger partial charge is 0.478 e. The standard InChI is InChI=1S/C58H102N6O10SSi7/c1-25-43-39(3)47-36-49-41(5)45(29-30-53(65)59-31-28-34-82(72-78(16,17)18,73-79(19,20)21)74-80(22,23)24)56(63-49)46(35-54(66)60-32-27-33-81(69-75(7,8)9,70-76(10,11)12)71-77(13,14)15)57-55(58(67)68)42(6)50(64-57)38-52-44(26-2)40(4)48(62-52)37-51(43)61-47/h25,36-38,41,45,61-62H,1,26-35H2,2-24H3,(H,59,65)(H,60,66)(H,67,68). The normalized spacial score (nSPS) is 16.2. The van der Waals surface area contributed by atoms with Gasteiger partial charge in [0.2, 0.25) is 11.8 Å². The number of carboxylic acid groups (broad SMARTS) is 1. The Balaban J connectivity index is 1.65. The van der Waals surface area contributed by atoms with Crippen molar-refractivity contribution in [2.75, 3.05) is 31.9 Å². The SMILES string of the molecule is C=Cc1c(C)c2cc3nc(c(CC(=O)NCCC[Si](O[Si](C)(C)C)(O[Si](C)(C)C)OS(C)(C)C)c4nc(cc5[nH]c(cc1[nH]2)c(C)c5CC)C(C)=C4C(=O)O)C(CCC(=O)NCCC[Si](O[Si](C)(C)C)(O[Si](C)(C)C)O[Si](C)(C)C)C3C. The third kappa shape index (κ3) is 19.6. The summed E-state index contributed by atoms with van der Waals surface area (Å²) in [5.41, 5.74) is 10.4. The molecule has 16 nitrogen and oxygen atoms in total. The van der Waals surface area contributed by atoms with Crippen molar-refractivity contribution in [3.05, 3.63) is 75.4 Å². The summed E-state index contributed by atoms with van der Waals surface area (Å²) >= 11 is 0. The summed E-state index contributed by atoms with van der Waals surface area (Å²) in [7, 11) is -18.5. The van der Waals surface area contributed by atoms with Crippen molar-refractivity contribution in [1.29, 1.82) is 0 Å². The van der Waals surface area contributed by atoms with Gasteiger partial charge in [0.15, 0.2) is 41.6 Å². The number of allylic oxidation sites excluding steroid dienone is 1. The summed E-state index contributed by atoms with van der Waals surface area (Å²) in [6.07, 6.45) is 10.4. The van der Waals surface area contributed by atoms with Crippen LogP contribution in [0.15, 0.2) is 24.8 Å². The second-order valence-corrected chi connectivity index (χ2v) is 60.9. The van der Waals surface area contributed by atoms with Gasteiger partial charge < -0.3 is 50.2 Å². The maximum absolute atomic E-state index is 14.8. The summed E-state index contributed by atoms with van der Waals surface area (Å²) in [6, 6.07) is 7.18. The van der Waals surface area contributed by atoms with Gasteiger partial charge in [-0.2, -0.15) is 10.3 Å². The first-order chi connectivity index (χ1) is 37.5. The van der Waals surface area contributed by atoms with Gasteiger partial charge in [-0.3, -0.25) is 14.6 Å². The van der Waals surface area contributed by atoms with Crippen LogP contribution in [-0.2, 0) is 51.7 Å². The second kappa shape index (κ2) is 26.7. The molecular formula is C58H102N6O10SSi7. The highest BCUT2D eigenvalue weighted by Gasteiger charge is 2.51. The first-order valence-corrected chi connectivity index (χ1v) is 52.9. The van der Waals surface area contributed by atoms with E-state index in [4.69, 9.17) is 34.4 Å². The highest BCUT2D eigenvalue weighted by molar-refractivity contribution is 8.28. The number of hydrogen-bond acceptors (Lipinski definition) is 11. The van der Waals surface area contributed by atoms with Crippen molar-refractivity contribution in [3.63, 3.8) is 0 Å². The number of carboxylic acids is 1. The minimum Gasteiger partial charge on any atom is -0.478 e. The molecule has 24 heteroatoms. The van der Waals surface area contributed by atoms with Crippen molar-refractivity contribution < 1.29 is 43.9 Å². The van der Waals surface area contributed by atoms with Crippen LogP contribution < -0.4 is 10.6 Å². The molecule has 5 rings (SSSR count). The van der Waals surface area contributed by atoms with E-state index in [1.165, 1.54) is 0 Å². The number of aromatic amines is 2. The summed E-state index contributed by atoms with van der Waals surface area (Å²) in [5.74, 6) is -2.25. The van der Waals surface area contributed by atoms with Crippen molar-refractivity contribution in [3.8, 4) is 0 Å². The molecule has 3 aromatic rings. The molecule has 2 unspecified atom stereocenters. The molecular weight excluding hydrogens is 1170 g/mol. The van der Waals surface area contributed by atoms with Crippen molar-refractivity contribution in [1.82, 2.24) is 30.6 Å². The Morgan fingerprint density at radius 3 is 1.65 bits per heavy atom. The fourth-order valence-electron chi connectivity index (χ4n) is 10.9. The largest absolute Gasteiger partial charge is 0.490 e. The van der Waals surface area contributed by atoms with Crippen LogP contribution in [-0.4, -0.2) is 134 Å². The lowest BCUT2D eigenvalue weighted by Crippen LogP contribution is -2.60. The third-order valence-corrected chi connectivity index (χ3v) is 37.0. The van der Waals surface area contributed by atoms with Gasteiger partial charge >= 0.3 is 23.6 Å². The van der Waals surface area contributed by atoms with Crippen LogP contribution in [0.1, 0.15) is 109 Å². The molecule has 0 saturated carbocycles. The monoisotopic (exact) mass is 1270 g/mol. The Labute approximate surface area is 500 Å². The number of amides is 2. The maximum Gasteiger partial charge on any atom is 0.490 e. The molecule has 0 saturated heterocycles. The van der Waals surface area contributed by atoms with Gasteiger partial charge in [0.25, 0.3) is 0 Å². The Hall–Kier alpha value is -3.36. The number of nitrogens with one attached hydrogen (secondary N) is 4. The van der Waals surface area contributed by atoms with Crippen molar-refractivity contribution >= 4 is 127 Å². The average Bonchev–Trinajstić information content (AvgIpc) is 3.92. The molecule has 2 atom stereocenters. The number of rotatable bonds is 28. The second-order valence-electron chi connectivity index (χ2n) is 27.9. The lowest BCUT2D eigenvalue weighted by atomic mass is 9.84. The molecule has 2 amide bonds. The van der Waals surface area contributed by atoms with Crippen LogP contribution >= 0.6 is 10.3 Å². The molecule has 0 aliphatic carbocycles. The minimum absolute atomic E-state index is 0.00867. The van der Waals surface area contributed by atoms with Crippen LogP contribution in [0.25, 0.3) is 39.3 Å². The van der Waals surface area contributed by atoms with Gasteiger partial charge in [0.1, 0.15) is 0 Å². The quantitative estimate of drug-likeness (QED) is 0.0340. The Kier molecular flexibility index (Phi) is 22.6. The lowest BCUT2D eigenvalue weighted by Gasteiger charge is -2.44. The molecule has 458 valence electrons.